The van der Waals surface area contributed by atoms with Crippen molar-refractivity contribution in [3.05, 3.63) is 18.0 Å². The molecule has 4 nitrogen and oxygen atoms in total. The fourth-order valence-electron chi connectivity index (χ4n) is 0.794. The van der Waals surface area contributed by atoms with Gasteiger partial charge in [0.05, 0.1) is 12.2 Å². The van der Waals surface area contributed by atoms with Crippen LogP contribution >= 0.6 is 12.2 Å². The zero-order valence-electron chi connectivity index (χ0n) is 6.16. The number of thiocarbonyl (C=S) groups is 1. The van der Waals surface area contributed by atoms with Gasteiger partial charge in [0.2, 0.25) is 0 Å². The van der Waals surface area contributed by atoms with E-state index >= 15 is 0 Å². The number of nitrogens with zero attached hydrogens (tertiary/aromatic N) is 1. The third kappa shape index (κ3) is 2.19. The van der Waals surface area contributed by atoms with Crippen molar-refractivity contribution in [3.8, 4) is 0 Å². The standard InChI is InChI=1S/C6H10N4S/c1-4(10-6(7)11)5-2-8-9-3-5/h2-4H,1H3,(H,8,9)(H3,7,10,11). The lowest BCUT2D eigenvalue weighted by Gasteiger charge is -2.10. The fourth-order valence-corrected chi connectivity index (χ4v) is 0.971. The van der Waals surface area contributed by atoms with Crippen molar-refractivity contribution in [2.75, 3.05) is 0 Å². The monoisotopic (exact) mass is 170 g/mol. The summed E-state index contributed by atoms with van der Waals surface area (Å²) in [5, 5.41) is 9.71. The van der Waals surface area contributed by atoms with Gasteiger partial charge in [0, 0.05) is 11.8 Å². The molecule has 1 aromatic rings. The molecule has 0 radical (unpaired) electrons. The second kappa shape index (κ2) is 3.34. The van der Waals surface area contributed by atoms with Crippen LogP contribution in [0.15, 0.2) is 12.4 Å². The minimum atomic E-state index is 0.117. The van der Waals surface area contributed by atoms with E-state index in [0.717, 1.165) is 5.56 Å². The summed E-state index contributed by atoms with van der Waals surface area (Å²) in [6.45, 7) is 1.96. The van der Waals surface area contributed by atoms with Crippen molar-refractivity contribution in [1.82, 2.24) is 15.5 Å². The van der Waals surface area contributed by atoms with E-state index in [0.29, 0.717) is 5.11 Å². The number of rotatable bonds is 2. The summed E-state index contributed by atoms with van der Waals surface area (Å²) < 4.78 is 0. The van der Waals surface area contributed by atoms with Gasteiger partial charge < -0.3 is 11.1 Å². The van der Waals surface area contributed by atoms with E-state index in [-0.39, 0.29) is 6.04 Å². The minimum absolute atomic E-state index is 0.117. The molecular formula is C6H10N4S. The van der Waals surface area contributed by atoms with E-state index in [1.807, 2.05) is 6.92 Å². The third-order valence-electron chi connectivity index (χ3n) is 1.38. The van der Waals surface area contributed by atoms with E-state index in [1.165, 1.54) is 0 Å². The number of aromatic nitrogens is 2. The van der Waals surface area contributed by atoms with Gasteiger partial charge in [0.15, 0.2) is 5.11 Å². The average Bonchev–Trinajstić information content (AvgIpc) is 2.35. The molecule has 0 aliphatic rings. The Balaban J connectivity index is 2.56. The largest absolute Gasteiger partial charge is 0.376 e. The van der Waals surface area contributed by atoms with Gasteiger partial charge in [-0.25, -0.2) is 0 Å². The first kappa shape index (κ1) is 8.00. The molecule has 1 heterocycles. The summed E-state index contributed by atoms with van der Waals surface area (Å²) >= 11 is 4.68. The first-order valence-corrected chi connectivity index (χ1v) is 3.65. The number of H-pyrrole nitrogens is 1. The van der Waals surface area contributed by atoms with Crippen LogP contribution in [0.3, 0.4) is 0 Å². The van der Waals surface area contributed by atoms with E-state index in [9.17, 15) is 0 Å². The molecule has 1 unspecified atom stereocenters. The third-order valence-corrected chi connectivity index (χ3v) is 1.50. The first-order valence-electron chi connectivity index (χ1n) is 3.25. The minimum Gasteiger partial charge on any atom is -0.376 e. The van der Waals surface area contributed by atoms with Gasteiger partial charge in [-0.3, -0.25) is 5.10 Å². The Hall–Kier alpha value is -1.10. The summed E-state index contributed by atoms with van der Waals surface area (Å²) in [5.74, 6) is 0. The maximum Gasteiger partial charge on any atom is 0.164 e. The molecule has 0 saturated carbocycles. The number of nitrogens with two attached hydrogens (primary N) is 1. The Morgan fingerprint density at radius 1 is 1.91 bits per heavy atom. The Morgan fingerprint density at radius 2 is 2.64 bits per heavy atom. The van der Waals surface area contributed by atoms with Crippen molar-refractivity contribution < 1.29 is 0 Å². The normalized spacial score (nSPS) is 12.5. The van der Waals surface area contributed by atoms with Gasteiger partial charge in [-0.2, -0.15) is 5.10 Å². The van der Waals surface area contributed by atoms with E-state index in [4.69, 9.17) is 5.73 Å². The molecule has 0 aliphatic carbocycles. The predicted molar refractivity (Wildman–Crippen MR) is 46.9 cm³/mol. The maximum absolute atomic E-state index is 5.29. The Morgan fingerprint density at radius 3 is 3.09 bits per heavy atom. The van der Waals surface area contributed by atoms with Crippen LogP contribution in [0.1, 0.15) is 18.5 Å². The van der Waals surface area contributed by atoms with Crippen molar-refractivity contribution in [2.24, 2.45) is 5.73 Å². The van der Waals surface area contributed by atoms with Crippen molar-refractivity contribution in [2.45, 2.75) is 13.0 Å². The highest BCUT2D eigenvalue weighted by Gasteiger charge is 2.04. The lowest BCUT2D eigenvalue weighted by atomic mass is 10.2. The molecule has 11 heavy (non-hydrogen) atoms. The average molecular weight is 170 g/mol. The molecule has 1 aromatic heterocycles. The van der Waals surface area contributed by atoms with Gasteiger partial charge in [0.1, 0.15) is 0 Å². The van der Waals surface area contributed by atoms with Gasteiger partial charge in [0.25, 0.3) is 0 Å². The van der Waals surface area contributed by atoms with Crippen LogP contribution in [0, 0.1) is 0 Å². The molecule has 0 saturated heterocycles. The summed E-state index contributed by atoms with van der Waals surface area (Å²) in [4.78, 5) is 0. The maximum atomic E-state index is 5.29. The second-order valence-corrected chi connectivity index (χ2v) is 2.70. The van der Waals surface area contributed by atoms with Crippen LogP contribution in [0.2, 0.25) is 0 Å². The van der Waals surface area contributed by atoms with Crippen molar-refractivity contribution >= 4 is 17.3 Å². The summed E-state index contributed by atoms with van der Waals surface area (Å²) in [6.07, 6.45) is 3.53. The molecule has 5 heteroatoms. The fraction of sp³-hybridized carbons (Fsp3) is 0.333. The van der Waals surface area contributed by atoms with Crippen LogP contribution in [0.5, 0.6) is 0 Å². The second-order valence-electron chi connectivity index (χ2n) is 2.26. The molecule has 0 spiro atoms. The molecule has 60 valence electrons. The lowest BCUT2D eigenvalue weighted by molar-refractivity contribution is 0.720. The predicted octanol–water partition coefficient (Wildman–Crippen LogP) is 0.304. The molecule has 4 N–H and O–H groups in total. The summed E-state index contributed by atoms with van der Waals surface area (Å²) in [5.41, 5.74) is 6.33. The number of hydrogen-bond donors (Lipinski definition) is 3. The highest BCUT2D eigenvalue weighted by atomic mass is 32.1. The molecule has 0 amide bonds. The van der Waals surface area contributed by atoms with Crippen LogP contribution in [-0.4, -0.2) is 15.3 Å². The molecular weight excluding hydrogens is 160 g/mol. The van der Waals surface area contributed by atoms with Crippen molar-refractivity contribution in [1.29, 1.82) is 0 Å². The molecule has 1 atom stereocenters. The van der Waals surface area contributed by atoms with E-state index in [2.05, 4.69) is 27.7 Å². The Kier molecular flexibility index (Phi) is 2.43. The van der Waals surface area contributed by atoms with Gasteiger partial charge in [-0.1, -0.05) is 0 Å². The zero-order chi connectivity index (χ0) is 8.27. The zero-order valence-corrected chi connectivity index (χ0v) is 6.98. The van der Waals surface area contributed by atoms with Gasteiger partial charge in [-0.05, 0) is 19.1 Å². The summed E-state index contributed by atoms with van der Waals surface area (Å²) in [6, 6.07) is 0.117. The van der Waals surface area contributed by atoms with Gasteiger partial charge >= 0.3 is 0 Å². The topological polar surface area (TPSA) is 66.7 Å². The number of aromatic amines is 1. The number of nitrogens with one attached hydrogen (secondary N) is 2. The highest BCUT2D eigenvalue weighted by molar-refractivity contribution is 7.80. The Labute approximate surface area is 70.2 Å². The van der Waals surface area contributed by atoms with Crippen LogP contribution < -0.4 is 11.1 Å². The SMILES string of the molecule is CC(NC(N)=S)c1cn[nH]c1. The molecule has 0 bridgehead atoms. The molecule has 0 aromatic carbocycles. The van der Waals surface area contributed by atoms with Gasteiger partial charge in [-0.15, -0.1) is 0 Å². The van der Waals surface area contributed by atoms with E-state index in [1.54, 1.807) is 12.4 Å². The van der Waals surface area contributed by atoms with Crippen LogP contribution in [-0.2, 0) is 0 Å². The highest BCUT2D eigenvalue weighted by Crippen LogP contribution is 2.07. The number of hydrogen-bond acceptors (Lipinski definition) is 2. The Bertz CT molecular complexity index is 231. The molecule has 0 aliphatic heterocycles. The smallest absolute Gasteiger partial charge is 0.164 e. The molecule has 1 rings (SSSR count). The van der Waals surface area contributed by atoms with Crippen LogP contribution in [0.4, 0.5) is 0 Å². The first-order chi connectivity index (χ1) is 5.20. The lowest BCUT2D eigenvalue weighted by Crippen LogP contribution is -2.31. The quantitative estimate of drug-likeness (QED) is 0.559. The van der Waals surface area contributed by atoms with Crippen LogP contribution in [0.25, 0.3) is 0 Å². The molecule has 0 fully saturated rings. The van der Waals surface area contributed by atoms with Crippen molar-refractivity contribution in [3.63, 3.8) is 0 Å². The summed E-state index contributed by atoms with van der Waals surface area (Å²) in [7, 11) is 0. The van der Waals surface area contributed by atoms with E-state index < -0.39 is 0 Å².